The average molecular weight is 397 g/mol. The standard InChI is InChI=1S/C17H20N6O.2ClH/c1-12-16(17(24)20-10-4-8-18-2)21-22-23(12)14-6-7-15-13(11-14)5-3-9-19-15;;/h3,5-7,9,11,18H,4,8,10H2,1-2H3,(H,20,24);2*1H. The Kier molecular flexibility index (Phi) is 8.44. The molecule has 0 radical (unpaired) electrons. The summed E-state index contributed by atoms with van der Waals surface area (Å²) in [6, 6.07) is 9.73. The van der Waals surface area contributed by atoms with Crippen LogP contribution in [0.4, 0.5) is 0 Å². The highest BCUT2D eigenvalue weighted by atomic mass is 35.5. The largest absolute Gasteiger partial charge is 0.351 e. The lowest BCUT2D eigenvalue weighted by Gasteiger charge is -2.06. The molecule has 2 N–H and O–H groups in total. The Hall–Kier alpha value is -2.22. The van der Waals surface area contributed by atoms with Crippen molar-refractivity contribution in [2.24, 2.45) is 0 Å². The Labute approximate surface area is 164 Å². The molecular formula is C17H22Cl2N6O. The van der Waals surface area contributed by atoms with E-state index >= 15 is 0 Å². The van der Waals surface area contributed by atoms with E-state index in [-0.39, 0.29) is 30.7 Å². The van der Waals surface area contributed by atoms with Gasteiger partial charge in [-0.05, 0) is 51.2 Å². The Morgan fingerprint density at radius 3 is 2.77 bits per heavy atom. The van der Waals surface area contributed by atoms with E-state index in [1.54, 1.807) is 10.9 Å². The Morgan fingerprint density at radius 2 is 2.00 bits per heavy atom. The van der Waals surface area contributed by atoms with Crippen LogP contribution in [0.25, 0.3) is 16.6 Å². The number of fused-ring (bicyclic) bond motifs is 1. The third kappa shape index (κ3) is 4.69. The number of hydrogen-bond donors (Lipinski definition) is 2. The molecule has 2 heterocycles. The normalized spacial score (nSPS) is 10.1. The van der Waals surface area contributed by atoms with Gasteiger partial charge in [-0.3, -0.25) is 9.78 Å². The number of pyridine rings is 1. The van der Waals surface area contributed by atoms with Crippen molar-refractivity contribution in [1.29, 1.82) is 0 Å². The smallest absolute Gasteiger partial charge is 0.273 e. The van der Waals surface area contributed by atoms with Gasteiger partial charge in [0.25, 0.3) is 5.91 Å². The Balaban J connectivity index is 0.00000169. The molecule has 1 amide bonds. The van der Waals surface area contributed by atoms with Gasteiger partial charge in [0.1, 0.15) is 0 Å². The molecule has 140 valence electrons. The lowest BCUT2D eigenvalue weighted by atomic mass is 10.2. The minimum atomic E-state index is -0.197. The van der Waals surface area contributed by atoms with Crippen LogP contribution < -0.4 is 10.6 Å². The zero-order chi connectivity index (χ0) is 16.9. The zero-order valence-corrected chi connectivity index (χ0v) is 16.2. The summed E-state index contributed by atoms with van der Waals surface area (Å²) >= 11 is 0. The van der Waals surface area contributed by atoms with Gasteiger partial charge in [-0.25, -0.2) is 4.68 Å². The maximum absolute atomic E-state index is 12.2. The lowest BCUT2D eigenvalue weighted by molar-refractivity contribution is 0.0947. The van der Waals surface area contributed by atoms with Crippen LogP contribution in [0, 0.1) is 6.92 Å². The van der Waals surface area contributed by atoms with E-state index in [1.807, 2.05) is 44.3 Å². The summed E-state index contributed by atoms with van der Waals surface area (Å²) in [6.45, 7) is 3.31. The van der Waals surface area contributed by atoms with Crippen LogP contribution in [0.15, 0.2) is 36.5 Å². The number of halogens is 2. The van der Waals surface area contributed by atoms with Gasteiger partial charge in [0, 0.05) is 18.1 Å². The molecule has 7 nitrogen and oxygen atoms in total. The summed E-state index contributed by atoms with van der Waals surface area (Å²) in [5.74, 6) is -0.197. The molecule has 26 heavy (non-hydrogen) atoms. The molecule has 2 aromatic heterocycles. The molecule has 9 heteroatoms. The van der Waals surface area contributed by atoms with E-state index in [4.69, 9.17) is 0 Å². The van der Waals surface area contributed by atoms with E-state index in [2.05, 4.69) is 25.9 Å². The predicted octanol–water partition coefficient (Wildman–Crippen LogP) is 2.31. The predicted molar refractivity (Wildman–Crippen MR) is 107 cm³/mol. The monoisotopic (exact) mass is 396 g/mol. The van der Waals surface area contributed by atoms with Crippen LogP contribution in [0.2, 0.25) is 0 Å². The second-order valence-electron chi connectivity index (χ2n) is 5.53. The third-order valence-electron chi connectivity index (χ3n) is 3.83. The molecule has 0 bridgehead atoms. The number of nitrogens with one attached hydrogen (secondary N) is 2. The molecule has 0 spiro atoms. The van der Waals surface area contributed by atoms with Crippen LogP contribution in [-0.4, -0.2) is 46.0 Å². The van der Waals surface area contributed by atoms with Crippen molar-refractivity contribution in [3.63, 3.8) is 0 Å². The van der Waals surface area contributed by atoms with Gasteiger partial charge >= 0.3 is 0 Å². The highest BCUT2D eigenvalue weighted by Crippen LogP contribution is 2.18. The van der Waals surface area contributed by atoms with Crippen molar-refractivity contribution >= 4 is 41.6 Å². The minimum Gasteiger partial charge on any atom is -0.351 e. The molecule has 1 aromatic carbocycles. The average Bonchev–Trinajstić information content (AvgIpc) is 2.99. The fourth-order valence-corrected chi connectivity index (χ4v) is 2.53. The number of amides is 1. The van der Waals surface area contributed by atoms with E-state index < -0.39 is 0 Å². The van der Waals surface area contributed by atoms with E-state index in [9.17, 15) is 4.79 Å². The summed E-state index contributed by atoms with van der Waals surface area (Å²) in [5, 5.41) is 15.1. The molecule has 3 rings (SSSR count). The van der Waals surface area contributed by atoms with Crippen molar-refractivity contribution in [3.8, 4) is 5.69 Å². The maximum Gasteiger partial charge on any atom is 0.273 e. The molecule has 0 unspecified atom stereocenters. The first kappa shape index (κ1) is 21.8. The van der Waals surface area contributed by atoms with Crippen molar-refractivity contribution in [2.45, 2.75) is 13.3 Å². The van der Waals surface area contributed by atoms with Crippen molar-refractivity contribution in [2.75, 3.05) is 20.1 Å². The summed E-state index contributed by atoms with van der Waals surface area (Å²) in [4.78, 5) is 16.5. The fraction of sp³-hybridized carbons (Fsp3) is 0.294. The number of aromatic nitrogens is 4. The molecule has 0 aliphatic heterocycles. The van der Waals surface area contributed by atoms with Crippen molar-refractivity contribution in [1.82, 2.24) is 30.6 Å². The molecule has 0 saturated carbocycles. The van der Waals surface area contributed by atoms with Gasteiger partial charge in [-0.2, -0.15) is 0 Å². The topological polar surface area (TPSA) is 84.7 Å². The summed E-state index contributed by atoms with van der Waals surface area (Å²) in [5.41, 5.74) is 2.84. The van der Waals surface area contributed by atoms with Crippen LogP contribution in [0.5, 0.6) is 0 Å². The van der Waals surface area contributed by atoms with Gasteiger partial charge in [0.15, 0.2) is 5.69 Å². The van der Waals surface area contributed by atoms with Crippen LogP contribution in [-0.2, 0) is 0 Å². The molecule has 0 fully saturated rings. The molecule has 0 aliphatic rings. The van der Waals surface area contributed by atoms with E-state index in [0.717, 1.165) is 29.6 Å². The molecular weight excluding hydrogens is 375 g/mol. The third-order valence-corrected chi connectivity index (χ3v) is 3.83. The number of hydrogen-bond acceptors (Lipinski definition) is 5. The SMILES string of the molecule is CNCCCNC(=O)c1nnn(-c2ccc3ncccc3c2)c1C.Cl.Cl. The van der Waals surface area contributed by atoms with Gasteiger partial charge < -0.3 is 10.6 Å². The van der Waals surface area contributed by atoms with E-state index in [1.165, 1.54) is 0 Å². The van der Waals surface area contributed by atoms with Crippen molar-refractivity contribution in [3.05, 3.63) is 47.9 Å². The molecule has 3 aromatic rings. The fourth-order valence-electron chi connectivity index (χ4n) is 2.53. The Bertz CT molecular complexity index is 867. The summed E-state index contributed by atoms with van der Waals surface area (Å²) in [7, 11) is 1.89. The number of carbonyl (C=O) groups is 1. The zero-order valence-electron chi connectivity index (χ0n) is 14.6. The van der Waals surface area contributed by atoms with Crippen LogP contribution in [0.1, 0.15) is 22.6 Å². The second-order valence-corrected chi connectivity index (χ2v) is 5.53. The molecule has 0 saturated heterocycles. The molecule has 0 aliphatic carbocycles. The van der Waals surface area contributed by atoms with Gasteiger partial charge in [0.2, 0.25) is 0 Å². The number of rotatable bonds is 6. The summed E-state index contributed by atoms with van der Waals surface area (Å²) < 4.78 is 1.68. The first-order chi connectivity index (χ1) is 11.7. The van der Waals surface area contributed by atoms with Gasteiger partial charge in [-0.1, -0.05) is 11.3 Å². The van der Waals surface area contributed by atoms with E-state index in [0.29, 0.717) is 17.9 Å². The second kappa shape index (κ2) is 10.1. The minimum absolute atomic E-state index is 0. The quantitative estimate of drug-likeness (QED) is 0.624. The first-order valence-corrected chi connectivity index (χ1v) is 7.91. The van der Waals surface area contributed by atoms with Crippen LogP contribution in [0.3, 0.4) is 0 Å². The van der Waals surface area contributed by atoms with Gasteiger partial charge in [0.05, 0.1) is 16.9 Å². The van der Waals surface area contributed by atoms with Crippen molar-refractivity contribution < 1.29 is 4.79 Å². The molecule has 0 atom stereocenters. The first-order valence-electron chi connectivity index (χ1n) is 7.91. The Morgan fingerprint density at radius 1 is 1.19 bits per heavy atom. The number of nitrogens with zero attached hydrogens (tertiary/aromatic N) is 4. The van der Waals surface area contributed by atoms with Crippen LogP contribution >= 0.6 is 24.8 Å². The highest BCUT2D eigenvalue weighted by Gasteiger charge is 2.17. The number of benzene rings is 1. The highest BCUT2D eigenvalue weighted by molar-refractivity contribution is 5.93. The maximum atomic E-state index is 12.2. The lowest BCUT2D eigenvalue weighted by Crippen LogP contribution is -2.27. The van der Waals surface area contributed by atoms with Gasteiger partial charge in [-0.15, -0.1) is 29.9 Å². The number of carbonyl (C=O) groups excluding carboxylic acids is 1. The summed E-state index contributed by atoms with van der Waals surface area (Å²) in [6.07, 6.45) is 2.63.